The number of amides is 1. The molecule has 0 aromatic carbocycles. The lowest BCUT2D eigenvalue weighted by Gasteiger charge is -2.11. The van der Waals surface area contributed by atoms with E-state index in [1.807, 2.05) is 25.9 Å². The molecule has 0 fully saturated rings. The first kappa shape index (κ1) is 10.4. The van der Waals surface area contributed by atoms with Crippen molar-refractivity contribution >= 4 is 5.91 Å². The van der Waals surface area contributed by atoms with E-state index >= 15 is 0 Å². The van der Waals surface area contributed by atoms with E-state index in [1.54, 1.807) is 0 Å². The van der Waals surface area contributed by atoms with Gasteiger partial charge in [-0.3, -0.25) is 4.79 Å². The molecule has 4 heteroatoms. The van der Waals surface area contributed by atoms with Gasteiger partial charge >= 0.3 is 0 Å². The van der Waals surface area contributed by atoms with Crippen LogP contribution in [0.15, 0.2) is 0 Å². The molecular weight excluding hydrogens is 142 g/mol. The molecule has 4 nitrogen and oxygen atoms in total. The van der Waals surface area contributed by atoms with E-state index in [2.05, 4.69) is 5.32 Å². The van der Waals surface area contributed by atoms with Gasteiger partial charge in [0.05, 0.1) is 6.54 Å². The van der Waals surface area contributed by atoms with Crippen molar-refractivity contribution in [3.05, 3.63) is 0 Å². The van der Waals surface area contributed by atoms with E-state index in [0.717, 1.165) is 0 Å². The smallest absolute Gasteiger partial charge is 0.234 e. The van der Waals surface area contributed by atoms with Gasteiger partial charge in [0.15, 0.2) is 0 Å². The molecule has 0 aromatic rings. The number of nitrogens with one attached hydrogen (secondary N) is 1. The fraction of sp³-hybridized carbons (Fsp3) is 0.857. The Kier molecular flexibility index (Phi) is 4.81. The summed E-state index contributed by atoms with van der Waals surface area (Å²) in [5.41, 5.74) is 5.44. The molecule has 0 aliphatic rings. The molecule has 0 radical (unpaired) electrons. The molecule has 0 heterocycles. The van der Waals surface area contributed by atoms with Crippen molar-refractivity contribution in [2.75, 3.05) is 27.2 Å². The van der Waals surface area contributed by atoms with Crippen molar-refractivity contribution in [2.45, 2.75) is 13.0 Å². The monoisotopic (exact) mass is 159 g/mol. The van der Waals surface area contributed by atoms with E-state index in [-0.39, 0.29) is 11.9 Å². The van der Waals surface area contributed by atoms with E-state index < -0.39 is 0 Å². The maximum Gasteiger partial charge on any atom is 0.234 e. The Bertz CT molecular complexity index is 123. The van der Waals surface area contributed by atoms with Crippen molar-refractivity contribution in [3.8, 4) is 0 Å². The maximum atomic E-state index is 10.9. The van der Waals surface area contributed by atoms with Crippen LogP contribution < -0.4 is 11.1 Å². The number of nitrogens with zero attached hydrogens (tertiary/aromatic N) is 1. The average molecular weight is 159 g/mol. The first-order valence-electron chi connectivity index (χ1n) is 3.69. The zero-order valence-electron chi connectivity index (χ0n) is 7.42. The highest BCUT2D eigenvalue weighted by Gasteiger charge is 2.02. The minimum absolute atomic E-state index is 0.0206. The van der Waals surface area contributed by atoms with Crippen LogP contribution in [0.4, 0.5) is 0 Å². The van der Waals surface area contributed by atoms with Crippen LogP contribution in [0.25, 0.3) is 0 Å². The van der Waals surface area contributed by atoms with Gasteiger partial charge in [0.2, 0.25) is 5.91 Å². The molecule has 1 unspecified atom stereocenters. The normalized spacial score (nSPS) is 13.2. The van der Waals surface area contributed by atoms with Crippen molar-refractivity contribution in [1.82, 2.24) is 10.2 Å². The largest absolute Gasteiger partial charge is 0.353 e. The molecule has 0 aromatic heterocycles. The number of likely N-dealkylation sites (N-methyl/N-ethyl adjacent to an activating group) is 1. The summed E-state index contributed by atoms with van der Waals surface area (Å²) in [6.07, 6.45) is 0. The van der Waals surface area contributed by atoms with Gasteiger partial charge in [0, 0.05) is 12.6 Å². The van der Waals surface area contributed by atoms with Crippen LogP contribution in [0, 0.1) is 0 Å². The minimum atomic E-state index is 0.0206. The van der Waals surface area contributed by atoms with Crippen LogP contribution in [-0.2, 0) is 4.79 Å². The Morgan fingerprint density at radius 1 is 1.64 bits per heavy atom. The molecule has 0 saturated carbocycles. The Hall–Kier alpha value is -0.610. The average Bonchev–Trinajstić information content (AvgIpc) is 1.82. The van der Waals surface area contributed by atoms with Crippen LogP contribution in [0.2, 0.25) is 0 Å². The summed E-state index contributed by atoms with van der Waals surface area (Å²) in [5, 5.41) is 2.71. The van der Waals surface area contributed by atoms with Crippen LogP contribution in [0.5, 0.6) is 0 Å². The summed E-state index contributed by atoms with van der Waals surface area (Å²) >= 11 is 0. The molecule has 3 N–H and O–H groups in total. The molecule has 1 amide bonds. The lowest BCUT2D eigenvalue weighted by molar-refractivity contribution is -0.121. The fourth-order valence-corrected chi connectivity index (χ4v) is 0.618. The van der Waals surface area contributed by atoms with Crippen molar-refractivity contribution < 1.29 is 4.79 Å². The maximum absolute atomic E-state index is 10.9. The Morgan fingerprint density at radius 3 is 2.55 bits per heavy atom. The van der Waals surface area contributed by atoms with E-state index in [0.29, 0.717) is 13.1 Å². The molecule has 0 spiro atoms. The quantitative estimate of drug-likeness (QED) is 0.554. The third-order valence-corrected chi connectivity index (χ3v) is 1.08. The van der Waals surface area contributed by atoms with E-state index in [4.69, 9.17) is 5.73 Å². The second-order valence-corrected chi connectivity index (χ2v) is 3.02. The highest BCUT2D eigenvalue weighted by atomic mass is 16.2. The van der Waals surface area contributed by atoms with Gasteiger partial charge in [0.25, 0.3) is 0 Å². The number of rotatable bonds is 4. The molecule has 0 bridgehead atoms. The molecule has 0 rings (SSSR count). The molecular formula is C7H17N3O. The van der Waals surface area contributed by atoms with Gasteiger partial charge in [-0.1, -0.05) is 0 Å². The van der Waals surface area contributed by atoms with E-state index in [1.165, 1.54) is 0 Å². The third-order valence-electron chi connectivity index (χ3n) is 1.08. The van der Waals surface area contributed by atoms with E-state index in [9.17, 15) is 4.79 Å². The summed E-state index contributed by atoms with van der Waals surface area (Å²) in [5.74, 6) is 0.0206. The molecule has 0 saturated heterocycles. The van der Waals surface area contributed by atoms with Crippen molar-refractivity contribution in [3.63, 3.8) is 0 Å². The van der Waals surface area contributed by atoms with Gasteiger partial charge in [-0.05, 0) is 21.0 Å². The lowest BCUT2D eigenvalue weighted by atomic mass is 10.3. The van der Waals surface area contributed by atoms with Gasteiger partial charge in [-0.15, -0.1) is 0 Å². The number of carbonyl (C=O) groups excluding carboxylic acids is 1. The lowest BCUT2D eigenvalue weighted by Crippen LogP contribution is -2.39. The molecule has 0 aliphatic carbocycles. The summed E-state index contributed by atoms with van der Waals surface area (Å²) in [6, 6.07) is 0.0288. The first-order chi connectivity index (χ1) is 5.02. The molecule has 66 valence electrons. The fourth-order valence-electron chi connectivity index (χ4n) is 0.618. The zero-order chi connectivity index (χ0) is 8.85. The topological polar surface area (TPSA) is 58.4 Å². The van der Waals surface area contributed by atoms with Crippen LogP contribution in [-0.4, -0.2) is 44.0 Å². The number of carbonyl (C=O) groups is 1. The van der Waals surface area contributed by atoms with Gasteiger partial charge < -0.3 is 16.0 Å². The van der Waals surface area contributed by atoms with Crippen molar-refractivity contribution in [2.24, 2.45) is 5.73 Å². The molecule has 1 atom stereocenters. The van der Waals surface area contributed by atoms with Crippen LogP contribution in [0.1, 0.15) is 6.92 Å². The standard InChI is InChI=1S/C7H17N3O/c1-6(8)4-9-7(11)5-10(2)3/h6H,4-5,8H2,1-3H3,(H,9,11). The Labute approximate surface area is 67.7 Å². The molecule has 0 aliphatic heterocycles. The number of hydrogen-bond acceptors (Lipinski definition) is 3. The number of nitrogens with two attached hydrogens (primary N) is 1. The summed E-state index contributed by atoms with van der Waals surface area (Å²) in [4.78, 5) is 12.8. The second-order valence-electron chi connectivity index (χ2n) is 3.02. The van der Waals surface area contributed by atoms with Crippen LogP contribution >= 0.6 is 0 Å². The van der Waals surface area contributed by atoms with Crippen LogP contribution in [0.3, 0.4) is 0 Å². The van der Waals surface area contributed by atoms with Crippen molar-refractivity contribution in [1.29, 1.82) is 0 Å². The Balaban J connectivity index is 3.38. The SMILES string of the molecule is CC(N)CNC(=O)CN(C)C. The highest BCUT2D eigenvalue weighted by molar-refractivity contribution is 5.77. The summed E-state index contributed by atoms with van der Waals surface area (Å²) in [6.45, 7) is 2.83. The third kappa shape index (κ3) is 7.29. The first-order valence-corrected chi connectivity index (χ1v) is 3.69. The Morgan fingerprint density at radius 2 is 2.18 bits per heavy atom. The molecule has 11 heavy (non-hydrogen) atoms. The second kappa shape index (κ2) is 5.09. The predicted molar refractivity (Wildman–Crippen MR) is 45.2 cm³/mol. The summed E-state index contributed by atoms with van der Waals surface area (Å²) < 4.78 is 0. The van der Waals surface area contributed by atoms with Gasteiger partial charge in [-0.2, -0.15) is 0 Å². The van der Waals surface area contributed by atoms with Gasteiger partial charge in [-0.25, -0.2) is 0 Å². The number of hydrogen-bond donors (Lipinski definition) is 2. The minimum Gasteiger partial charge on any atom is -0.353 e. The summed E-state index contributed by atoms with van der Waals surface area (Å²) in [7, 11) is 3.71. The highest BCUT2D eigenvalue weighted by Crippen LogP contribution is 1.75. The zero-order valence-corrected chi connectivity index (χ0v) is 7.42. The van der Waals surface area contributed by atoms with Gasteiger partial charge in [0.1, 0.15) is 0 Å². The predicted octanol–water partition coefficient (Wildman–Crippen LogP) is -0.989.